The lowest BCUT2D eigenvalue weighted by Crippen LogP contribution is -2.31. The first-order chi connectivity index (χ1) is 10.8. The van der Waals surface area contributed by atoms with Gasteiger partial charge in [0.2, 0.25) is 0 Å². The van der Waals surface area contributed by atoms with Crippen LogP contribution >= 0.6 is 12.4 Å². The maximum atomic E-state index is 5.79. The van der Waals surface area contributed by atoms with E-state index >= 15 is 0 Å². The summed E-state index contributed by atoms with van der Waals surface area (Å²) in [4.78, 5) is 2.56. The van der Waals surface area contributed by atoms with E-state index in [2.05, 4.69) is 60.4 Å². The molecule has 2 nitrogen and oxygen atoms in total. The molecule has 0 aromatic heterocycles. The van der Waals surface area contributed by atoms with Crippen LogP contribution in [0.3, 0.4) is 0 Å². The van der Waals surface area contributed by atoms with Crippen LogP contribution in [0.1, 0.15) is 29.5 Å². The summed E-state index contributed by atoms with van der Waals surface area (Å²) < 4.78 is 5.79. The summed E-state index contributed by atoms with van der Waals surface area (Å²) in [5.74, 6) is 0.984. The van der Waals surface area contributed by atoms with Gasteiger partial charge in [-0.1, -0.05) is 42.0 Å². The minimum Gasteiger partial charge on any atom is -0.494 e. The Kier molecular flexibility index (Phi) is 6.94. The third kappa shape index (κ3) is 5.26. The van der Waals surface area contributed by atoms with Crippen LogP contribution in [0.4, 0.5) is 0 Å². The summed E-state index contributed by atoms with van der Waals surface area (Å²) in [7, 11) is 0. The van der Waals surface area contributed by atoms with Gasteiger partial charge in [-0.25, -0.2) is 0 Å². The second-order valence-corrected chi connectivity index (χ2v) is 6.16. The normalized spacial score (nSPS) is 14.0. The van der Waals surface area contributed by atoms with Gasteiger partial charge < -0.3 is 4.74 Å². The second kappa shape index (κ2) is 8.95. The minimum absolute atomic E-state index is 0. The second-order valence-electron chi connectivity index (χ2n) is 6.16. The van der Waals surface area contributed by atoms with Crippen molar-refractivity contribution in [2.45, 2.75) is 32.7 Å². The molecule has 2 aromatic carbocycles. The maximum absolute atomic E-state index is 5.79. The van der Waals surface area contributed by atoms with E-state index in [1.54, 1.807) is 0 Å². The summed E-state index contributed by atoms with van der Waals surface area (Å²) in [6, 6.07) is 17.1. The van der Waals surface area contributed by atoms with Crippen LogP contribution in [0.15, 0.2) is 48.5 Å². The molecule has 2 aromatic rings. The Bertz CT molecular complexity index is 597. The molecule has 0 saturated carbocycles. The van der Waals surface area contributed by atoms with Gasteiger partial charge in [-0.2, -0.15) is 0 Å². The fraction of sp³-hybridized carbons (Fsp3) is 0.400. The van der Waals surface area contributed by atoms with Crippen molar-refractivity contribution >= 4 is 12.4 Å². The summed E-state index contributed by atoms with van der Waals surface area (Å²) in [5, 5.41) is 0. The molecule has 0 saturated heterocycles. The minimum atomic E-state index is 0. The standard InChI is InChI=1S/C20H25NO.ClH/c1-17-8-10-20(11-9-17)22-15-5-4-13-21-14-12-18-6-2-3-7-19(18)16-21;/h2-3,6-11H,4-5,12-16H2,1H3;1H. The Balaban J connectivity index is 0.00000192. The van der Waals surface area contributed by atoms with Crippen molar-refractivity contribution in [2.24, 2.45) is 0 Å². The van der Waals surface area contributed by atoms with Crippen molar-refractivity contribution in [3.05, 3.63) is 65.2 Å². The van der Waals surface area contributed by atoms with E-state index in [1.165, 1.54) is 42.6 Å². The largest absolute Gasteiger partial charge is 0.494 e. The molecule has 1 heterocycles. The fourth-order valence-corrected chi connectivity index (χ4v) is 3.01. The molecule has 0 bridgehead atoms. The average Bonchev–Trinajstić information content (AvgIpc) is 2.56. The number of hydrogen-bond acceptors (Lipinski definition) is 2. The molecular weight excluding hydrogens is 306 g/mol. The molecule has 1 aliphatic heterocycles. The molecule has 1 aliphatic rings. The number of ether oxygens (including phenoxy) is 1. The number of hydrogen-bond donors (Lipinski definition) is 0. The SMILES string of the molecule is Cc1ccc(OCCCCN2CCc3ccccc3C2)cc1.Cl. The van der Waals surface area contributed by atoms with Crippen molar-refractivity contribution in [2.75, 3.05) is 19.7 Å². The molecular formula is C20H26ClNO. The van der Waals surface area contributed by atoms with Crippen LogP contribution in [0, 0.1) is 6.92 Å². The van der Waals surface area contributed by atoms with Crippen molar-refractivity contribution < 1.29 is 4.74 Å². The quantitative estimate of drug-likeness (QED) is 0.715. The fourth-order valence-electron chi connectivity index (χ4n) is 3.01. The van der Waals surface area contributed by atoms with E-state index in [1.807, 2.05) is 0 Å². The first-order valence-electron chi connectivity index (χ1n) is 8.30. The highest BCUT2D eigenvalue weighted by atomic mass is 35.5. The third-order valence-corrected chi connectivity index (χ3v) is 4.37. The van der Waals surface area contributed by atoms with E-state index in [0.29, 0.717) is 0 Å². The highest BCUT2D eigenvalue weighted by molar-refractivity contribution is 5.85. The summed E-state index contributed by atoms with van der Waals surface area (Å²) >= 11 is 0. The highest BCUT2D eigenvalue weighted by Gasteiger charge is 2.14. The summed E-state index contributed by atoms with van der Waals surface area (Å²) in [6.45, 7) is 6.38. The lowest BCUT2D eigenvalue weighted by atomic mass is 10.00. The van der Waals surface area contributed by atoms with Gasteiger partial charge in [0.1, 0.15) is 5.75 Å². The Labute approximate surface area is 145 Å². The molecule has 124 valence electrons. The van der Waals surface area contributed by atoms with Crippen LogP contribution in [0.2, 0.25) is 0 Å². The lowest BCUT2D eigenvalue weighted by molar-refractivity contribution is 0.235. The molecule has 0 amide bonds. The molecule has 3 rings (SSSR count). The molecule has 0 radical (unpaired) electrons. The predicted octanol–water partition coefficient (Wildman–Crippen LogP) is 4.63. The molecule has 0 unspecified atom stereocenters. The Morgan fingerprint density at radius 2 is 1.70 bits per heavy atom. The number of nitrogens with zero attached hydrogens (tertiary/aromatic N) is 1. The molecule has 0 spiro atoms. The zero-order valence-electron chi connectivity index (χ0n) is 13.8. The molecule has 3 heteroatoms. The number of halogens is 1. The molecule has 0 fully saturated rings. The molecule has 0 aliphatic carbocycles. The number of unbranched alkanes of at least 4 members (excludes halogenated alkanes) is 1. The van der Waals surface area contributed by atoms with E-state index in [0.717, 1.165) is 25.3 Å². The number of rotatable bonds is 6. The van der Waals surface area contributed by atoms with E-state index in [-0.39, 0.29) is 12.4 Å². The van der Waals surface area contributed by atoms with E-state index < -0.39 is 0 Å². The van der Waals surface area contributed by atoms with Gasteiger partial charge >= 0.3 is 0 Å². The van der Waals surface area contributed by atoms with Gasteiger partial charge in [0, 0.05) is 13.1 Å². The van der Waals surface area contributed by atoms with Crippen molar-refractivity contribution in [3.8, 4) is 5.75 Å². The number of fused-ring (bicyclic) bond motifs is 1. The number of benzene rings is 2. The van der Waals surface area contributed by atoms with Gasteiger partial charge in [0.25, 0.3) is 0 Å². The van der Waals surface area contributed by atoms with Gasteiger partial charge in [-0.3, -0.25) is 4.90 Å². The van der Waals surface area contributed by atoms with E-state index in [9.17, 15) is 0 Å². The van der Waals surface area contributed by atoms with Gasteiger partial charge in [-0.15, -0.1) is 12.4 Å². The Morgan fingerprint density at radius 1 is 0.957 bits per heavy atom. The van der Waals surface area contributed by atoms with Crippen molar-refractivity contribution in [3.63, 3.8) is 0 Å². The summed E-state index contributed by atoms with van der Waals surface area (Å²) in [6.07, 6.45) is 3.51. The zero-order chi connectivity index (χ0) is 15.2. The van der Waals surface area contributed by atoms with Gasteiger partial charge in [-0.05, 0) is 56.0 Å². The van der Waals surface area contributed by atoms with Crippen LogP contribution < -0.4 is 4.74 Å². The predicted molar refractivity (Wildman–Crippen MR) is 98.6 cm³/mol. The van der Waals surface area contributed by atoms with E-state index in [4.69, 9.17) is 4.74 Å². The third-order valence-electron chi connectivity index (χ3n) is 4.37. The van der Waals surface area contributed by atoms with Crippen LogP contribution in [-0.2, 0) is 13.0 Å². The summed E-state index contributed by atoms with van der Waals surface area (Å²) in [5.41, 5.74) is 4.31. The van der Waals surface area contributed by atoms with Gasteiger partial charge in [0.15, 0.2) is 0 Å². The zero-order valence-corrected chi connectivity index (χ0v) is 14.6. The first kappa shape index (κ1) is 17.8. The molecule has 0 atom stereocenters. The van der Waals surface area contributed by atoms with Crippen molar-refractivity contribution in [1.29, 1.82) is 0 Å². The monoisotopic (exact) mass is 331 g/mol. The maximum Gasteiger partial charge on any atom is 0.119 e. The first-order valence-corrected chi connectivity index (χ1v) is 8.30. The average molecular weight is 332 g/mol. The molecule has 0 N–H and O–H groups in total. The highest BCUT2D eigenvalue weighted by Crippen LogP contribution is 2.18. The smallest absolute Gasteiger partial charge is 0.119 e. The van der Waals surface area contributed by atoms with Crippen LogP contribution in [0.25, 0.3) is 0 Å². The molecule has 23 heavy (non-hydrogen) atoms. The van der Waals surface area contributed by atoms with Crippen LogP contribution in [-0.4, -0.2) is 24.6 Å². The van der Waals surface area contributed by atoms with Crippen molar-refractivity contribution in [1.82, 2.24) is 4.90 Å². The van der Waals surface area contributed by atoms with Gasteiger partial charge in [0.05, 0.1) is 6.61 Å². The number of aryl methyl sites for hydroxylation is 1. The Hall–Kier alpha value is -1.51. The topological polar surface area (TPSA) is 12.5 Å². The lowest BCUT2D eigenvalue weighted by Gasteiger charge is -2.28. The van der Waals surface area contributed by atoms with Crippen LogP contribution in [0.5, 0.6) is 5.75 Å². The Morgan fingerprint density at radius 3 is 2.48 bits per heavy atom.